The standard InChI is InChI=1S/C14H23N3OS/c1-2-19-9-5-8-17(11-14(16)18)10-12-6-3-4-7-13(12)15/h3-4,6-7H,2,5,8-11,15H2,1H3,(H2,16,18). The fourth-order valence-corrected chi connectivity index (χ4v) is 2.51. The number of benzene rings is 1. The van der Waals surface area contributed by atoms with Gasteiger partial charge in [-0.1, -0.05) is 25.1 Å². The van der Waals surface area contributed by atoms with E-state index in [1.54, 1.807) is 0 Å². The van der Waals surface area contributed by atoms with Crippen LogP contribution in [0.25, 0.3) is 0 Å². The smallest absolute Gasteiger partial charge is 0.231 e. The predicted molar refractivity (Wildman–Crippen MR) is 82.9 cm³/mol. The van der Waals surface area contributed by atoms with Crippen LogP contribution >= 0.6 is 11.8 Å². The summed E-state index contributed by atoms with van der Waals surface area (Å²) >= 11 is 1.91. The van der Waals surface area contributed by atoms with E-state index in [0.717, 1.165) is 35.7 Å². The minimum absolute atomic E-state index is 0.283. The summed E-state index contributed by atoms with van der Waals surface area (Å²) in [7, 11) is 0. The number of rotatable bonds is 9. The Balaban J connectivity index is 2.53. The van der Waals surface area contributed by atoms with Gasteiger partial charge in [-0.2, -0.15) is 11.8 Å². The highest BCUT2D eigenvalue weighted by molar-refractivity contribution is 7.99. The van der Waals surface area contributed by atoms with Crippen LogP contribution in [0.2, 0.25) is 0 Å². The van der Waals surface area contributed by atoms with Crippen molar-refractivity contribution in [3.8, 4) is 0 Å². The highest BCUT2D eigenvalue weighted by atomic mass is 32.2. The van der Waals surface area contributed by atoms with E-state index in [1.807, 2.05) is 36.0 Å². The average molecular weight is 281 g/mol. The van der Waals surface area contributed by atoms with Gasteiger partial charge in [0, 0.05) is 12.2 Å². The maximum Gasteiger partial charge on any atom is 0.231 e. The van der Waals surface area contributed by atoms with Crippen LogP contribution in [-0.2, 0) is 11.3 Å². The number of anilines is 1. The zero-order valence-corrected chi connectivity index (χ0v) is 12.3. The molecule has 4 N–H and O–H groups in total. The largest absolute Gasteiger partial charge is 0.398 e. The molecule has 1 amide bonds. The van der Waals surface area contributed by atoms with Gasteiger partial charge in [-0.05, 0) is 36.1 Å². The van der Waals surface area contributed by atoms with Gasteiger partial charge in [-0.3, -0.25) is 9.69 Å². The first kappa shape index (κ1) is 15.9. The predicted octanol–water partition coefficient (Wildman–Crippen LogP) is 1.70. The third-order valence-electron chi connectivity index (χ3n) is 2.80. The van der Waals surface area contributed by atoms with Crippen molar-refractivity contribution in [3.63, 3.8) is 0 Å². The first-order valence-electron chi connectivity index (χ1n) is 6.55. The maximum atomic E-state index is 11.1. The molecule has 1 rings (SSSR count). The fraction of sp³-hybridized carbons (Fsp3) is 0.500. The molecule has 106 valence electrons. The monoisotopic (exact) mass is 281 g/mol. The zero-order valence-electron chi connectivity index (χ0n) is 11.5. The normalized spacial score (nSPS) is 10.8. The molecule has 0 radical (unpaired) electrons. The van der Waals surface area contributed by atoms with Gasteiger partial charge in [0.25, 0.3) is 0 Å². The molecular formula is C14H23N3OS. The highest BCUT2D eigenvalue weighted by Gasteiger charge is 2.10. The van der Waals surface area contributed by atoms with E-state index in [-0.39, 0.29) is 12.5 Å². The summed E-state index contributed by atoms with van der Waals surface area (Å²) in [6, 6.07) is 7.74. The summed E-state index contributed by atoms with van der Waals surface area (Å²) in [6.07, 6.45) is 1.05. The van der Waals surface area contributed by atoms with Crippen LogP contribution in [0.4, 0.5) is 5.69 Å². The summed E-state index contributed by atoms with van der Waals surface area (Å²) in [6.45, 7) is 3.97. The van der Waals surface area contributed by atoms with Gasteiger partial charge in [-0.15, -0.1) is 0 Å². The third kappa shape index (κ3) is 6.50. The number of thioether (sulfide) groups is 1. The van der Waals surface area contributed by atoms with Crippen LogP contribution in [0.15, 0.2) is 24.3 Å². The molecule has 0 spiro atoms. The van der Waals surface area contributed by atoms with Gasteiger partial charge in [0.15, 0.2) is 0 Å². The molecule has 19 heavy (non-hydrogen) atoms. The van der Waals surface area contributed by atoms with Gasteiger partial charge < -0.3 is 11.5 Å². The van der Waals surface area contributed by atoms with Crippen LogP contribution in [0.1, 0.15) is 18.9 Å². The molecule has 0 fully saturated rings. The Morgan fingerprint density at radius 1 is 1.37 bits per heavy atom. The van der Waals surface area contributed by atoms with Gasteiger partial charge >= 0.3 is 0 Å². The van der Waals surface area contributed by atoms with E-state index in [2.05, 4.69) is 11.8 Å². The number of para-hydroxylation sites is 1. The molecule has 0 unspecified atom stereocenters. The third-order valence-corrected chi connectivity index (χ3v) is 3.78. The molecule has 0 aromatic heterocycles. The van der Waals surface area contributed by atoms with Crippen LogP contribution < -0.4 is 11.5 Å². The number of primary amides is 1. The summed E-state index contributed by atoms with van der Waals surface area (Å²) in [5, 5.41) is 0. The first-order valence-corrected chi connectivity index (χ1v) is 7.70. The number of carbonyl (C=O) groups is 1. The van der Waals surface area contributed by atoms with Crippen molar-refractivity contribution in [2.24, 2.45) is 5.73 Å². The second-order valence-electron chi connectivity index (χ2n) is 4.43. The molecule has 0 aliphatic carbocycles. The van der Waals surface area contributed by atoms with Crippen molar-refractivity contribution in [3.05, 3.63) is 29.8 Å². The van der Waals surface area contributed by atoms with Crippen molar-refractivity contribution in [2.45, 2.75) is 19.9 Å². The molecule has 1 aromatic rings. The number of hydrogen-bond donors (Lipinski definition) is 2. The van der Waals surface area contributed by atoms with Crippen LogP contribution in [0.3, 0.4) is 0 Å². The van der Waals surface area contributed by atoms with Crippen LogP contribution in [0.5, 0.6) is 0 Å². The topological polar surface area (TPSA) is 72.3 Å². The van der Waals surface area contributed by atoms with Crippen molar-refractivity contribution >= 4 is 23.4 Å². The highest BCUT2D eigenvalue weighted by Crippen LogP contribution is 2.14. The first-order chi connectivity index (χ1) is 9.13. The summed E-state index contributed by atoms with van der Waals surface area (Å²) in [5.74, 6) is 1.94. The van der Waals surface area contributed by atoms with Gasteiger partial charge in [0.1, 0.15) is 0 Å². The van der Waals surface area contributed by atoms with E-state index < -0.39 is 0 Å². The molecule has 4 nitrogen and oxygen atoms in total. The van der Waals surface area contributed by atoms with Gasteiger partial charge in [0.05, 0.1) is 6.54 Å². The molecule has 1 aromatic carbocycles. The van der Waals surface area contributed by atoms with Gasteiger partial charge in [-0.25, -0.2) is 0 Å². The minimum Gasteiger partial charge on any atom is -0.398 e. The van der Waals surface area contributed by atoms with Crippen molar-refractivity contribution in [2.75, 3.05) is 30.3 Å². The number of nitrogens with zero attached hydrogens (tertiary/aromatic N) is 1. The van der Waals surface area contributed by atoms with E-state index in [4.69, 9.17) is 11.5 Å². The molecule has 0 saturated heterocycles. The molecule has 5 heteroatoms. The Morgan fingerprint density at radius 3 is 2.74 bits per heavy atom. The Kier molecular flexibility index (Phi) is 7.36. The molecule has 0 heterocycles. The number of nitrogens with two attached hydrogens (primary N) is 2. The fourth-order valence-electron chi connectivity index (χ4n) is 1.89. The molecular weight excluding hydrogens is 258 g/mol. The molecule has 0 aliphatic rings. The van der Waals surface area contributed by atoms with E-state index >= 15 is 0 Å². The van der Waals surface area contributed by atoms with Crippen molar-refractivity contribution in [1.29, 1.82) is 0 Å². The maximum absolute atomic E-state index is 11.1. The lowest BCUT2D eigenvalue weighted by Gasteiger charge is -2.21. The SMILES string of the molecule is CCSCCCN(CC(N)=O)Cc1ccccc1N. The molecule has 0 atom stereocenters. The Hall–Kier alpha value is -1.20. The van der Waals surface area contributed by atoms with E-state index in [9.17, 15) is 4.79 Å². The van der Waals surface area contributed by atoms with Crippen molar-refractivity contribution in [1.82, 2.24) is 4.90 Å². The zero-order chi connectivity index (χ0) is 14.1. The summed E-state index contributed by atoms with van der Waals surface area (Å²) in [5.41, 5.74) is 13.0. The quantitative estimate of drug-likeness (QED) is 0.534. The van der Waals surface area contributed by atoms with E-state index in [1.165, 1.54) is 0 Å². The number of nitrogen functional groups attached to an aromatic ring is 1. The lowest BCUT2D eigenvalue weighted by molar-refractivity contribution is -0.119. The second-order valence-corrected chi connectivity index (χ2v) is 5.82. The number of carbonyl (C=O) groups excluding carboxylic acids is 1. The molecule has 0 saturated carbocycles. The molecule has 0 aliphatic heterocycles. The van der Waals surface area contributed by atoms with Gasteiger partial charge in [0.2, 0.25) is 5.91 Å². The second kappa shape index (κ2) is 8.82. The lowest BCUT2D eigenvalue weighted by Crippen LogP contribution is -2.34. The van der Waals surface area contributed by atoms with Crippen LogP contribution in [-0.4, -0.2) is 35.4 Å². The Bertz CT molecular complexity index is 398. The molecule has 0 bridgehead atoms. The summed E-state index contributed by atoms with van der Waals surface area (Å²) < 4.78 is 0. The Morgan fingerprint density at radius 2 is 2.11 bits per heavy atom. The van der Waals surface area contributed by atoms with E-state index in [0.29, 0.717) is 6.54 Å². The number of amides is 1. The minimum atomic E-state index is -0.294. The average Bonchev–Trinajstić information content (AvgIpc) is 2.36. The summed E-state index contributed by atoms with van der Waals surface area (Å²) in [4.78, 5) is 13.2. The number of hydrogen-bond acceptors (Lipinski definition) is 4. The lowest BCUT2D eigenvalue weighted by atomic mass is 10.1. The van der Waals surface area contributed by atoms with Crippen LogP contribution in [0, 0.1) is 0 Å². The van der Waals surface area contributed by atoms with Crippen molar-refractivity contribution < 1.29 is 4.79 Å². The Labute approximate surface area is 119 Å².